The Kier molecular flexibility index (Phi) is 4.82. The minimum absolute atomic E-state index is 0.225. The Balaban J connectivity index is 2.33. The number of hydrogen-bond donors (Lipinski definition) is 0. The van der Waals surface area contributed by atoms with Gasteiger partial charge >= 0.3 is 5.97 Å². The summed E-state index contributed by atoms with van der Waals surface area (Å²) in [5.74, 6) is 0.675. The van der Waals surface area contributed by atoms with Crippen LogP contribution in [0.2, 0.25) is 0 Å². The molecule has 3 heteroatoms. The summed E-state index contributed by atoms with van der Waals surface area (Å²) in [6.45, 7) is 7.03. The monoisotopic (exact) mass is 211 g/mol. The summed E-state index contributed by atoms with van der Waals surface area (Å²) < 4.78 is 4.65. The summed E-state index contributed by atoms with van der Waals surface area (Å²) >= 11 is 0. The van der Waals surface area contributed by atoms with Crippen molar-refractivity contribution in [2.45, 2.75) is 26.7 Å². The lowest BCUT2D eigenvalue weighted by atomic mass is 10.2. The SMILES string of the molecule is CCN(CC=C(C)C(=O)OC)CC1CC1. The minimum Gasteiger partial charge on any atom is -0.466 e. The molecule has 0 aliphatic heterocycles. The van der Waals surface area contributed by atoms with Crippen molar-refractivity contribution < 1.29 is 9.53 Å². The van der Waals surface area contributed by atoms with Crippen molar-refractivity contribution in [3.05, 3.63) is 11.6 Å². The molecule has 0 heterocycles. The second-order valence-electron chi connectivity index (χ2n) is 4.17. The molecule has 86 valence electrons. The topological polar surface area (TPSA) is 29.5 Å². The van der Waals surface area contributed by atoms with Crippen molar-refractivity contribution in [3.63, 3.8) is 0 Å². The maximum Gasteiger partial charge on any atom is 0.333 e. The second kappa shape index (κ2) is 5.91. The predicted octanol–water partition coefficient (Wildman–Crippen LogP) is 1.84. The summed E-state index contributed by atoms with van der Waals surface area (Å²) in [4.78, 5) is 13.5. The molecule has 0 saturated heterocycles. The first-order chi connectivity index (χ1) is 7.17. The molecule has 1 fully saturated rings. The van der Waals surface area contributed by atoms with Gasteiger partial charge in [-0.1, -0.05) is 13.0 Å². The Morgan fingerprint density at radius 1 is 1.53 bits per heavy atom. The van der Waals surface area contributed by atoms with Crippen LogP contribution < -0.4 is 0 Å². The van der Waals surface area contributed by atoms with E-state index in [0.29, 0.717) is 5.57 Å². The van der Waals surface area contributed by atoms with E-state index in [-0.39, 0.29) is 5.97 Å². The van der Waals surface area contributed by atoms with Crippen LogP contribution in [0.15, 0.2) is 11.6 Å². The van der Waals surface area contributed by atoms with Gasteiger partial charge in [-0.3, -0.25) is 4.90 Å². The van der Waals surface area contributed by atoms with Crippen LogP contribution in [0, 0.1) is 5.92 Å². The third-order valence-corrected chi connectivity index (χ3v) is 2.82. The Labute approximate surface area is 92.1 Å². The molecular formula is C12H21NO2. The summed E-state index contributed by atoms with van der Waals surface area (Å²) in [5.41, 5.74) is 0.701. The molecule has 0 unspecified atom stereocenters. The van der Waals surface area contributed by atoms with Crippen molar-refractivity contribution in [2.24, 2.45) is 5.92 Å². The summed E-state index contributed by atoms with van der Waals surface area (Å²) in [7, 11) is 1.42. The largest absolute Gasteiger partial charge is 0.466 e. The standard InChI is InChI=1S/C12H21NO2/c1-4-13(9-11-5-6-11)8-7-10(2)12(14)15-3/h7,11H,4-6,8-9H2,1-3H3. The van der Waals surface area contributed by atoms with Crippen LogP contribution in [-0.4, -0.2) is 37.6 Å². The second-order valence-corrected chi connectivity index (χ2v) is 4.17. The Morgan fingerprint density at radius 2 is 2.20 bits per heavy atom. The molecule has 0 aromatic carbocycles. The fourth-order valence-corrected chi connectivity index (χ4v) is 1.51. The zero-order chi connectivity index (χ0) is 11.3. The van der Waals surface area contributed by atoms with E-state index in [4.69, 9.17) is 0 Å². The Morgan fingerprint density at radius 3 is 2.67 bits per heavy atom. The lowest BCUT2D eigenvalue weighted by Crippen LogP contribution is -2.26. The van der Waals surface area contributed by atoms with Gasteiger partial charge in [0.2, 0.25) is 0 Å². The van der Waals surface area contributed by atoms with Crippen LogP contribution in [0.5, 0.6) is 0 Å². The molecule has 1 saturated carbocycles. The van der Waals surface area contributed by atoms with Crippen LogP contribution in [-0.2, 0) is 9.53 Å². The first-order valence-electron chi connectivity index (χ1n) is 5.64. The number of likely N-dealkylation sites (N-methyl/N-ethyl adjacent to an activating group) is 1. The zero-order valence-electron chi connectivity index (χ0n) is 9.95. The normalized spacial score (nSPS) is 16.9. The number of ether oxygens (including phenoxy) is 1. The van der Waals surface area contributed by atoms with Crippen molar-refractivity contribution in [2.75, 3.05) is 26.7 Å². The molecule has 1 aliphatic carbocycles. The lowest BCUT2D eigenvalue weighted by Gasteiger charge is -2.18. The van der Waals surface area contributed by atoms with E-state index < -0.39 is 0 Å². The van der Waals surface area contributed by atoms with Gasteiger partial charge in [0.15, 0.2) is 0 Å². The maximum absolute atomic E-state index is 11.1. The van der Waals surface area contributed by atoms with Crippen LogP contribution in [0.3, 0.4) is 0 Å². The molecule has 3 nitrogen and oxygen atoms in total. The van der Waals surface area contributed by atoms with Crippen LogP contribution in [0.4, 0.5) is 0 Å². The van der Waals surface area contributed by atoms with E-state index in [1.807, 2.05) is 6.08 Å². The van der Waals surface area contributed by atoms with Gasteiger partial charge in [-0.25, -0.2) is 4.79 Å². The summed E-state index contributed by atoms with van der Waals surface area (Å²) in [6, 6.07) is 0. The van der Waals surface area contributed by atoms with Gasteiger partial charge in [-0.15, -0.1) is 0 Å². The molecule has 0 radical (unpaired) electrons. The zero-order valence-corrected chi connectivity index (χ0v) is 9.95. The molecule has 0 atom stereocenters. The maximum atomic E-state index is 11.1. The molecule has 1 aliphatic rings. The van der Waals surface area contributed by atoms with Gasteiger partial charge in [0.05, 0.1) is 7.11 Å². The van der Waals surface area contributed by atoms with E-state index in [9.17, 15) is 4.79 Å². The van der Waals surface area contributed by atoms with E-state index in [1.165, 1.54) is 26.5 Å². The highest BCUT2D eigenvalue weighted by atomic mass is 16.5. The third-order valence-electron chi connectivity index (χ3n) is 2.82. The lowest BCUT2D eigenvalue weighted by molar-refractivity contribution is -0.136. The number of carbonyl (C=O) groups is 1. The average molecular weight is 211 g/mol. The molecule has 0 amide bonds. The first-order valence-corrected chi connectivity index (χ1v) is 5.64. The third kappa shape index (κ3) is 4.47. The van der Waals surface area contributed by atoms with Crippen LogP contribution in [0.25, 0.3) is 0 Å². The van der Waals surface area contributed by atoms with E-state index in [1.54, 1.807) is 6.92 Å². The van der Waals surface area contributed by atoms with Crippen molar-refractivity contribution in [3.8, 4) is 0 Å². The molecule has 0 aromatic rings. The smallest absolute Gasteiger partial charge is 0.333 e. The van der Waals surface area contributed by atoms with Gasteiger partial charge in [-0.2, -0.15) is 0 Å². The highest BCUT2D eigenvalue weighted by Gasteiger charge is 2.23. The summed E-state index contributed by atoms with van der Waals surface area (Å²) in [6.07, 6.45) is 4.70. The molecule has 0 N–H and O–H groups in total. The number of carbonyl (C=O) groups excluding carboxylic acids is 1. The van der Waals surface area contributed by atoms with E-state index in [2.05, 4.69) is 16.6 Å². The quantitative estimate of drug-likeness (QED) is 0.496. The number of rotatable bonds is 6. The molecular weight excluding hydrogens is 190 g/mol. The molecule has 0 bridgehead atoms. The number of hydrogen-bond acceptors (Lipinski definition) is 3. The predicted molar refractivity (Wildman–Crippen MR) is 60.6 cm³/mol. The molecule has 1 rings (SSSR count). The van der Waals surface area contributed by atoms with Gasteiger partial charge in [0.25, 0.3) is 0 Å². The van der Waals surface area contributed by atoms with E-state index in [0.717, 1.165) is 19.0 Å². The molecule has 0 aromatic heterocycles. The molecule has 15 heavy (non-hydrogen) atoms. The van der Waals surface area contributed by atoms with Gasteiger partial charge in [-0.05, 0) is 32.2 Å². The highest BCUT2D eigenvalue weighted by Crippen LogP contribution is 2.29. The van der Waals surface area contributed by atoms with Crippen LogP contribution in [0.1, 0.15) is 26.7 Å². The summed E-state index contributed by atoms with van der Waals surface area (Å²) in [5, 5.41) is 0. The van der Waals surface area contributed by atoms with Crippen molar-refractivity contribution in [1.82, 2.24) is 4.90 Å². The highest BCUT2D eigenvalue weighted by molar-refractivity contribution is 5.87. The minimum atomic E-state index is -0.225. The van der Waals surface area contributed by atoms with Crippen molar-refractivity contribution in [1.29, 1.82) is 0 Å². The fourth-order valence-electron chi connectivity index (χ4n) is 1.51. The van der Waals surface area contributed by atoms with Gasteiger partial charge in [0, 0.05) is 18.7 Å². The average Bonchev–Trinajstić information content (AvgIpc) is 3.06. The van der Waals surface area contributed by atoms with Crippen molar-refractivity contribution >= 4 is 5.97 Å². The van der Waals surface area contributed by atoms with Crippen LogP contribution >= 0.6 is 0 Å². The Bertz CT molecular complexity index is 244. The van der Waals surface area contributed by atoms with Gasteiger partial charge in [0.1, 0.15) is 0 Å². The first kappa shape index (κ1) is 12.2. The van der Waals surface area contributed by atoms with Gasteiger partial charge < -0.3 is 4.74 Å². The number of methoxy groups -OCH3 is 1. The van der Waals surface area contributed by atoms with E-state index >= 15 is 0 Å². The Hall–Kier alpha value is -0.830. The number of nitrogens with zero attached hydrogens (tertiary/aromatic N) is 1. The number of esters is 1. The fraction of sp³-hybridized carbons (Fsp3) is 0.750. The molecule has 0 spiro atoms.